The van der Waals surface area contributed by atoms with Crippen molar-refractivity contribution in [3.63, 3.8) is 0 Å². The fourth-order valence-corrected chi connectivity index (χ4v) is 4.40. The molecule has 0 amide bonds. The van der Waals surface area contributed by atoms with Gasteiger partial charge >= 0.3 is 0 Å². The van der Waals surface area contributed by atoms with E-state index in [0.29, 0.717) is 0 Å². The third kappa shape index (κ3) is 3.98. The van der Waals surface area contributed by atoms with Crippen LogP contribution in [-0.4, -0.2) is 12.6 Å². The van der Waals surface area contributed by atoms with Crippen molar-refractivity contribution in [2.24, 2.45) is 23.7 Å². The minimum atomic E-state index is 0.804. The Morgan fingerprint density at radius 2 is 1.94 bits per heavy atom. The van der Waals surface area contributed by atoms with Gasteiger partial charge in [-0.05, 0) is 62.3 Å². The Labute approximate surface area is 114 Å². The Kier molecular flexibility index (Phi) is 5.54. The zero-order chi connectivity index (χ0) is 13.0. The molecule has 0 radical (unpaired) electrons. The van der Waals surface area contributed by atoms with Crippen LogP contribution >= 0.6 is 0 Å². The highest BCUT2D eigenvalue weighted by molar-refractivity contribution is 4.91. The molecule has 2 bridgehead atoms. The van der Waals surface area contributed by atoms with E-state index in [1.807, 2.05) is 0 Å². The highest BCUT2D eigenvalue weighted by Crippen LogP contribution is 2.50. The standard InChI is InChI=1S/C17H33N/c1-4-18-17(7-5-6-13(2)3)12-16-11-14-8-9-15(16)10-14/h13-18H,4-12H2,1-3H3. The second kappa shape index (κ2) is 6.93. The summed E-state index contributed by atoms with van der Waals surface area (Å²) in [5.41, 5.74) is 0. The van der Waals surface area contributed by atoms with E-state index >= 15 is 0 Å². The molecule has 2 fully saturated rings. The summed E-state index contributed by atoms with van der Waals surface area (Å²) in [4.78, 5) is 0. The smallest absolute Gasteiger partial charge is 0.00696 e. The van der Waals surface area contributed by atoms with Crippen LogP contribution in [0.5, 0.6) is 0 Å². The molecule has 0 aliphatic heterocycles. The van der Waals surface area contributed by atoms with E-state index in [4.69, 9.17) is 0 Å². The third-order valence-electron chi connectivity index (χ3n) is 5.30. The summed E-state index contributed by atoms with van der Waals surface area (Å²) in [5, 5.41) is 3.74. The second-order valence-electron chi connectivity index (χ2n) is 7.25. The maximum Gasteiger partial charge on any atom is 0.00696 e. The Hall–Kier alpha value is -0.0400. The molecule has 106 valence electrons. The molecular weight excluding hydrogens is 218 g/mol. The van der Waals surface area contributed by atoms with Gasteiger partial charge in [-0.2, -0.15) is 0 Å². The minimum Gasteiger partial charge on any atom is -0.314 e. The van der Waals surface area contributed by atoms with Gasteiger partial charge in [0.05, 0.1) is 0 Å². The van der Waals surface area contributed by atoms with E-state index in [1.54, 1.807) is 25.7 Å². The summed E-state index contributed by atoms with van der Waals surface area (Å²) in [7, 11) is 0. The van der Waals surface area contributed by atoms with Crippen LogP contribution in [0.15, 0.2) is 0 Å². The molecule has 2 rings (SSSR count). The van der Waals surface area contributed by atoms with Crippen molar-refractivity contribution >= 4 is 0 Å². The lowest BCUT2D eigenvalue weighted by molar-refractivity contribution is 0.269. The van der Waals surface area contributed by atoms with Gasteiger partial charge in [0.2, 0.25) is 0 Å². The quantitative estimate of drug-likeness (QED) is 0.664. The molecule has 0 aromatic heterocycles. The Balaban J connectivity index is 1.71. The van der Waals surface area contributed by atoms with Crippen LogP contribution < -0.4 is 5.32 Å². The van der Waals surface area contributed by atoms with Gasteiger partial charge < -0.3 is 5.32 Å². The van der Waals surface area contributed by atoms with Gasteiger partial charge in [-0.15, -0.1) is 0 Å². The van der Waals surface area contributed by atoms with E-state index < -0.39 is 0 Å². The molecule has 0 saturated heterocycles. The molecule has 1 N–H and O–H groups in total. The zero-order valence-electron chi connectivity index (χ0n) is 12.8. The van der Waals surface area contributed by atoms with E-state index in [0.717, 1.165) is 36.3 Å². The van der Waals surface area contributed by atoms with Crippen molar-refractivity contribution in [2.75, 3.05) is 6.54 Å². The predicted octanol–water partition coefficient (Wildman–Crippen LogP) is 4.62. The molecular formula is C17H33N. The monoisotopic (exact) mass is 251 g/mol. The SMILES string of the molecule is CCNC(CCCC(C)C)CC1CC2CCC1C2. The molecule has 0 spiro atoms. The fraction of sp³-hybridized carbons (Fsp3) is 1.00. The summed E-state index contributed by atoms with van der Waals surface area (Å²) in [5.74, 6) is 4.14. The van der Waals surface area contributed by atoms with Crippen LogP contribution in [0.3, 0.4) is 0 Å². The van der Waals surface area contributed by atoms with Gasteiger partial charge in [-0.1, -0.05) is 40.0 Å². The lowest BCUT2D eigenvalue weighted by Crippen LogP contribution is -2.32. The summed E-state index contributed by atoms with van der Waals surface area (Å²) < 4.78 is 0. The highest BCUT2D eigenvalue weighted by Gasteiger charge is 2.39. The van der Waals surface area contributed by atoms with Crippen molar-refractivity contribution in [1.29, 1.82) is 0 Å². The number of fused-ring (bicyclic) bond motifs is 2. The van der Waals surface area contributed by atoms with Gasteiger partial charge in [0, 0.05) is 6.04 Å². The molecule has 0 aromatic carbocycles. The van der Waals surface area contributed by atoms with Crippen molar-refractivity contribution in [3.05, 3.63) is 0 Å². The molecule has 4 atom stereocenters. The first kappa shape index (κ1) is 14.4. The first-order chi connectivity index (χ1) is 8.69. The Bertz CT molecular complexity index is 236. The second-order valence-corrected chi connectivity index (χ2v) is 7.25. The van der Waals surface area contributed by atoms with Crippen LogP contribution in [-0.2, 0) is 0 Å². The van der Waals surface area contributed by atoms with Crippen LogP contribution in [0, 0.1) is 23.7 Å². The van der Waals surface area contributed by atoms with Crippen LogP contribution in [0.25, 0.3) is 0 Å². The average Bonchev–Trinajstić information content (AvgIpc) is 2.90. The molecule has 4 unspecified atom stereocenters. The topological polar surface area (TPSA) is 12.0 Å². The van der Waals surface area contributed by atoms with E-state index in [1.165, 1.54) is 25.7 Å². The number of rotatable bonds is 8. The first-order valence-electron chi connectivity index (χ1n) is 8.42. The summed E-state index contributed by atoms with van der Waals surface area (Å²) in [6.07, 6.45) is 11.9. The predicted molar refractivity (Wildman–Crippen MR) is 79.7 cm³/mol. The number of hydrogen-bond donors (Lipinski definition) is 1. The van der Waals surface area contributed by atoms with Crippen molar-refractivity contribution < 1.29 is 0 Å². The maximum atomic E-state index is 3.74. The normalized spacial score (nSPS) is 32.3. The third-order valence-corrected chi connectivity index (χ3v) is 5.30. The molecule has 0 heterocycles. The van der Waals surface area contributed by atoms with Gasteiger partial charge in [0.25, 0.3) is 0 Å². The van der Waals surface area contributed by atoms with Crippen LogP contribution in [0.4, 0.5) is 0 Å². The Morgan fingerprint density at radius 3 is 2.50 bits per heavy atom. The molecule has 2 aliphatic rings. The van der Waals surface area contributed by atoms with E-state index in [9.17, 15) is 0 Å². The fourth-order valence-electron chi connectivity index (χ4n) is 4.40. The zero-order valence-corrected chi connectivity index (χ0v) is 12.8. The van der Waals surface area contributed by atoms with Crippen molar-refractivity contribution in [2.45, 2.75) is 78.2 Å². The first-order valence-corrected chi connectivity index (χ1v) is 8.42. The van der Waals surface area contributed by atoms with Crippen molar-refractivity contribution in [3.8, 4) is 0 Å². The lowest BCUT2D eigenvalue weighted by Gasteiger charge is -2.27. The molecule has 2 aliphatic carbocycles. The maximum absolute atomic E-state index is 3.74. The summed E-state index contributed by atoms with van der Waals surface area (Å²) in [6.45, 7) is 8.10. The molecule has 1 nitrogen and oxygen atoms in total. The summed E-state index contributed by atoms with van der Waals surface area (Å²) in [6, 6.07) is 0.804. The van der Waals surface area contributed by atoms with Crippen LogP contribution in [0.2, 0.25) is 0 Å². The largest absolute Gasteiger partial charge is 0.314 e. The van der Waals surface area contributed by atoms with Gasteiger partial charge in [-0.3, -0.25) is 0 Å². The average molecular weight is 251 g/mol. The van der Waals surface area contributed by atoms with Gasteiger partial charge in [0.15, 0.2) is 0 Å². The summed E-state index contributed by atoms with van der Waals surface area (Å²) >= 11 is 0. The van der Waals surface area contributed by atoms with Crippen LogP contribution in [0.1, 0.15) is 72.1 Å². The molecule has 2 saturated carbocycles. The lowest BCUT2D eigenvalue weighted by atomic mass is 9.83. The van der Waals surface area contributed by atoms with Gasteiger partial charge in [-0.25, -0.2) is 0 Å². The minimum absolute atomic E-state index is 0.804. The van der Waals surface area contributed by atoms with Gasteiger partial charge in [0.1, 0.15) is 0 Å². The highest BCUT2D eigenvalue weighted by atomic mass is 14.9. The molecule has 18 heavy (non-hydrogen) atoms. The number of nitrogens with one attached hydrogen (secondary N) is 1. The van der Waals surface area contributed by atoms with E-state index in [-0.39, 0.29) is 0 Å². The molecule has 0 aromatic rings. The number of hydrogen-bond acceptors (Lipinski definition) is 1. The van der Waals surface area contributed by atoms with Crippen molar-refractivity contribution in [1.82, 2.24) is 5.32 Å². The molecule has 1 heteroatoms. The van der Waals surface area contributed by atoms with E-state index in [2.05, 4.69) is 26.1 Å². The Morgan fingerprint density at radius 1 is 1.11 bits per heavy atom.